The Hall–Kier alpha value is -3.16. The molecular weight excluding hydrogens is 363 g/mol. The normalized spacial score (nSPS) is 13.4. The number of carbonyl (C=O) groups is 1. The number of benzene rings is 2. The standard InChI is InChI=1S/C19H16F3NO4/c20-19(21,22)27-15-4-2-1-3-14(15)6-8-18(24)23-12-13-5-7-16-17(11-13)26-10-9-25-16/h1-8,11H,9-10,12H2,(H,23,24)/b8-6+. The highest BCUT2D eigenvalue weighted by molar-refractivity contribution is 5.92. The number of ether oxygens (including phenoxy) is 3. The number of alkyl halides is 3. The number of amides is 1. The summed E-state index contributed by atoms with van der Waals surface area (Å²) >= 11 is 0. The number of carbonyl (C=O) groups excluding carboxylic acids is 1. The monoisotopic (exact) mass is 379 g/mol. The van der Waals surface area contributed by atoms with Crippen molar-refractivity contribution in [2.24, 2.45) is 0 Å². The predicted octanol–water partition coefficient (Wildman–Crippen LogP) is 3.69. The molecule has 0 aliphatic carbocycles. The fourth-order valence-corrected chi connectivity index (χ4v) is 2.45. The number of halogens is 3. The lowest BCUT2D eigenvalue weighted by molar-refractivity contribution is -0.274. The Morgan fingerprint density at radius 3 is 2.63 bits per heavy atom. The van der Waals surface area contributed by atoms with Gasteiger partial charge in [-0.05, 0) is 29.8 Å². The number of fused-ring (bicyclic) bond motifs is 1. The van der Waals surface area contributed by atoms with Crippen molar-refractivity contribution in [3.8, 4) is 17.2 Å². The van der Waals surface area contributed by atoms with Crippen LogP contribution in [0.5, 0.6) is 17.2 Å². The number of rotatable bonds is 5. The maximum atomic E-state index is 12.4. The average Bonchev–Trinajstić information content (AvgIpc) is 2.64. The van der Waals surface area contributed by atoms with Gasteiger partial charge in [-0.25, -0.2) is 0 Å². The van der Waals surface area contributed by atoms with E-state index in [0.29, 0.717) is 24.7 Å². The third kappa shape index (κ3) is 5.40. The molecule has 0 fully saturated rings. The smallest absolute Gasteiger partial charge is 0.486 e. The molecule has 1 heterocycles. The first-order valence-corrected chi connectivity index (χ1v) is 8.10. The highest BCUT2D eigenvalue weighted by atomic mass is 19.4. The van der Waals surface area contributed by atoms with Crippen molar-refractivity contribution in [1.82, 2.24) is 5.32 Å². The molecule has 5 nitrogen and oxygen atoms in total. The molecule has 1 aliphatic rings. The van der Waals surface area contributed by atoms with Crippen LogP contribution in [-0.4, -0.2) is 25.5 Å². The fraction of sp³-hybridized carbons (Fsp3) is 0.211. The summed E-state index contributed by atoms with van der Waals surface area (Å²) in [6, 6.07) is 10.9. The number of hydrogen-bond acceptors (Lipinski definition) is 4. The molecular formula is C19H16F3NO4. The average molecular weight is 379 g/mol. The van der Waals surface area contributed by atoms with Gasteiger partial charge in [0.1, 0.15) is 19.0 Å². The maximum absolute atomic E-state index is 12.4. The number of nitrogens with one attached hydrogen (secondary N) is 1. The molecule has 1 amide bonds. The van der Waals surface area contributed by atoms with E-state index >= 15 is 0 Å². The first kappa shape index (κ1) is 18.6. The Bertz CT molecular complexity index is 849. The maximum Gasteiger partial charge on any atom is 0.573 e. The largest absolute Gasteiger partial charge is 0.573 e. The van der Waals surface area contributed by atoms with E-state index < -0.39 is 12.3 Å². The van der Waals surface area contributed by atoms with Crippen LogP contribution in [0.3, 0.4) is 0 Å². The third-order valence-corrected chi connectivity index (χ3v) is 3.63. The van der Waals surface area contributed by atoms with E-state index in [1.807, 2.05) is 0 Å². The van der Waals surface area contributed by atoms with Crippen LogP contribution < -0.4 is 19.5 Å². The van der Waals surface area contributed by atoms with E-state index in [4.69, 9.17) is 9.47 Å². The van der Waals surface area contributed by atoms with Crippen molar-refractivity contribution >= 4 is 12.0 Å². The lowest BCUT2D eigenvalue weighted by atomic mass is 10.1. The molecule has 1 N–H and O–H groups in total. The van der Waals surface area contributed by atoms with Crippen molar-refractivity contribution in [2.45, 2.75) is 12.9 Å². The summed E-state index contributed by atoms with van der Waals surface area (Å²) in [6.07, 6.45) is -2.39. The molecule has 27 heavy (non-hydrogen) atoms. The van der Waals surface area contributed by atoms with Gasteiger partial charge in [-0.3, -0.25) is 4.79 Å². The zero-order chi connectivity index (χ0) is 19.3. The molecule has 142 valence electrons. The zero-order valence-corrected chi connectivity index (χ0v) is 14.1. The van der Waals surface area contributed by atoms with Gasteiger partial charge >= 0.3 is 6.36 Å². The van der Waals surface area contributed by atoms with Crippen LogP contribution in [0.1, 0.15) is 11.1 Å². The van der Waals surface area contributed by atoms with E-state index in [2.05, 4.69) is 10.1 Å². The zero-order valence-electron chi connectivity index (χ0n) is 14.1. The Balaban J connectivity index is 1.60. The van der Waals surface area contributed by atoms with Crippen LogP contribution >= 0.6 is 0 Å². The van der Waals surface area contributed by atoms with Crippen molar-refractivity contribution in [1.29, 1.82) is 0 Å². The minimum Gasteiger partial charge on any atom is -0.486 e. The van der Waals surface area contributed by atoms with Crippen LogP contribution in [-0.2, 0) is 11.3 Å². The van der Waals surface area contributed by atoms with Gasteiger partial charge in [0.15, 0.2) is 11.5 Å². The van der Waals surface area contributed by atoms with E-state index in [1.54, 1.807) is 24.3 Å². The Kier molecular flexibility index (Phi) is 5.54. The molecule has 0 bridgehead atoms. The first-order chi connectivity index (χ1) is 12.9. The second-order valence-corrected chi connectivity index (χ2v) is 5.61. The lowest BCUT2D eigenvalue weighted by Crippen LogP contribution is -2.21. The second kappa shape index (κ2) is 8.03. The van der Waals surface area contributed by atoms with Crippen LogP contribution in [0.4, 0.5) is 13.2 Å². The van der Waals surface area contributed by atoms with Crippen molar-refractivity contribution < 1.29 is 32.2 Å². The lowest BCUT2D eigenvalue weighted by Gasteiger charge is -2.18. The summed E-state index contributed by atoms with van der Waals surface area (Å²) in [6.45, 7) is 1.19. The van der Waals surface area contributed by atoms with E-state index in [0.717, 1.165) is 11.6 Å². The van der Waals surface area contributed by atoms with Gasteiger partial charge in [0.25, 0.3) is 0 Å². The molecule has 0 saturated carbocycles. The summed E-state index contributed by atoms with van der Waals surface area (Å²) in [5.41, 5.74) is 0.950. The summed E-state index contributed by atoms with van der Waals surface area (Å²) in [7, 11) is 0. The van der Waals surface area contributed by atoms with Crippen molar-refractivity contribution in [2.75, 3.05) is 13.2 Å². The van der Waals surface area contributed by atoms with E-state index in [-0.39, 0.29) is 17.9 Å². The quantitative estimate of drug-likeness (QED) is 0.806. The Morgan fingerprint density at radius 1 is 1.11 bits per heavy atom. The summed E-state index contributed by atoms with van der Waals surface area (Å²) in [4.78, 5) is 12.0. The predicted molar refractivity (Wildman–Crippen MR) is 91.4 cm³/mol. The SMILES string of the molecule is O=C(/C=C/c1ccccc1OC(F)(F)F)NCc1ccc2c(c1)OCCO2. The summed E-state index contributed by atoms with van der Waals surface area (Å²) < 4.78 is 52.0. The second-order valence-electron chi connectivity index (χ2n) is 5.61. The molecule has 0 saturated heterocycles. The molecule has 2 aromatic rings. The highest BCUT2D eigenvalue weighted by Crippen LogP contribution is 2.30. The van der Waals surface area contributed by atoms with Crippen LogP contribution in [0, 0.1) is 0 Å². The first-order valence-electron chi connectivity index (χ1n) is 8.10. The minimum absolute atomic E-state index is 0.143. The molecule has 8 heteroatoms. The fourth-order valence-electron chi connectivity index (χ4n) is 2.45. The van der Waals surface area contributed by atoms with Crippen molar-refractivity contribution in [3.63, 3.8) is 0 Å². The van der Waals surface area contributed by atoms with E-state index in [9.17, 15) is 18.0 Å². The minimum atomic E-state index is -4.80. The number of para-hydroxylation sites is 1. The number of hydrogen-bond donors (Lipinski definition) is 1. The van der Waals surface area contributed by atoms with Crippen LogP contribution in [0.25, 0.3) is 6.08 Å². The third-order valence-electron chi connectivity index (χ3n) is 3.63. The molecule has 0 aromatic heterocycles. The van der Waals surface area contributed by atoms with Gasteiger partial charge in [0.2, 0.25) is 5.91 Å². The van der Waals surface area contributed by atoms with Gasteiger partial charge in [-0.2, -0.15) is 0 Å². The van der Waals surface area contributed by atoms with E-state index in [1.165, 1.54) is 24.3 Å². The molecule has 2 aromatic carbocycles. The van der Waals surface area contributed by atoms with Gasteiger partial charge in [0, 0.05) is 18.2 Å². The molecule has 0 spiro atoms. The van der Waals surface area contributed by atoms with Crippen molar-refractivity contribution in [3.05, 3.63) is 59.7 Å². The molecule has 0 unspecified atom stereocenters. The molecule has 1 aliphatic heterocycles. The molecule has 3 rings (SSSR count). The van der Waals surface area contributed by atoms with Crippen LogP contribution in [0.15, 0.2) is 48.5 Å². The van der Waals surface area contributed by atoms with Gasteiger partial charge in [-0.15, -0.1) is 13.2 Å². The van der Waals surface area contributed by atoms with Crippen LogP contribution in [0.2, 0.25) is 0 Å². The molecule has 0 radical (unpaired) electrons. The topological polar surface area (TPSA) is 56.8 Å². The Labute approximate surface area is 153 Å². The summed E-state index contributed by atoms with van der Waals surface area (Å²) in [5.74, 6) is 0.437. The Morgan fingerprint density at radius 2 is 1.85 bits per heavy atom. The van der Waals surface area contributed by atoms with Gasteiger partial charge in [-0.1, -0.05) is 24.3 Å². The highest BCUT2D eigenvalue weighted by Gasteiger charge is 2.31. The van der Waals surface area contributed by atoms with Gasteiger partial charge < -0.3 is 19.5 Å². The molecule has 0 atom stereocenters. The van der Waals surface area contributed by atoms with Gasteiger partial charge in [0.05, 0.1) is 0 Å². The summed E-state index contributed by atoms with van der Waals surface area (Å²) in [5, 5.41) is 2.66.